The highest BCUT2D eigenvalue weighted by molar-refractivity contribution is 5.93. The SMILES string of the molecule is C/C(=C/C(=O)O)C(=O)O.CCN(C)CC. The van der Waals surface area contributed by atoms with Crippen molar-refractivity contribution in [2.45, 2.75) is 20.8 Å². The van der Waals surface area contributed by atoms with Gasteiger partial charge in [0.1, 0.15) is 0 Å². The zero-order chi connectivity index (χ0) is 12.4. The standard InChI is InChI=1S/C5H13N.C5H6O4/c1-4-6(3)5-2;1-3(5(8)9)2-4(6)7/h4-5H2,1-3H3;2H,1H3,(H,6,7)(H,8,9)/b;3-2-. The fourth-order valence-corrected chi connectivity index (χ4v) is 0.471. The molecule has 0 fully saturated rings. The minimum absolute atomic E-state index is 0.178. The molecular weight excluding hydrogens is 198 g/mol. The lowest BCUT2D eigenvalue weighted by Gasteiger charge is -2.07. The van der Waals surface area contributed by atoms with Gasteiger partial charge < -0.3 is 15.1 Å². The van der Waals surface area contributed by atoms with Crippen LogP contribution in [-0.4, -0.2) is 47.2 Å². The normalized spacial score (nSPS) is 10.6. The first-order valence-electron chi connectivity index (χ1n) is 4.68. The van der Waals surface area contributed by atoms with Crippen LogP contribution in [0.3, 0.4) is 0 Å². The molecule has 0 bridgehead atoms. The minimum atomic E-state index is -1.24. The number of rotatable bonds is 4. The van der Waals surface area contributed by atoms with Gasteiger partial charge in [-0.15, -0.1) is 0 Å². The predicted molar refractivity (Wildman–Crippen MR) is 57.9 cm³/mol. The Morgan fingerprint density at radius 1 is 1.20 bits per heavy atom. The maximum Gasteiger partial charge on any atom is 0.331 e. The van der Waals surface area contributed by atoms with Crippen LogP contribution in [0.2, 0.25) is 0 Å². The van der Waals surface area contributed by atoms with E-state index in [1.165, 1.54) is 6.92 Å². The first kappa shape index (κ1) is 16.1. The molecule has 0 aliphatic heterocycles. The van der Waals surface area contributed by atoms with E-state index in [1.807, 2.05) is 0 Å². The Kier molecular flexibility index (Phi) is 9.87. The number of carboxylic acids is 2. The lowest BCUT2D eigenvalue weighted by Crippen LogP contribution is -2.15. The van der Waals surface area contributed by atoms with Gasteiger partial charge in [0.05, 0.1) is 0 Å². The highest BCUT2D eigenvalue weighted by Crippen LogP contribution is 1.89. The zero-order valence-corrected chi connectivity index (χ0v) is 9.65. The summed E-state index contributed by atoms with van der Waals surface area (Å²) in [6.07, 6.45) is 0.641. The Hall–Kier alpha value is -1.36. The van der Waals surface area contributed by atoms with Gasteiger partial charge in [-0.3, -0.25) is 0 Å². The van der Waals surface area contributed by atoms with E-state index in [4.69, 9.17) is 10.2 Å². The van der Waals surface area contributed by atoms with E-state index in [1.54, 1.807) is 0 Å². The Morgan fingerprint density at radius 2 is 1.60 bits per heavy atom. The monoisotopic (exact) mass is 217 g/mol. The van der Waals surface area contributed by atoms with E-state index in [0.717, 1.165) is 13.1 Å². The zero-order valence-electron chi connectivity index (χ0n) is 9.65. The number of carboxylic acid groups (broad SMARTS) is 2. The molecule has 0 saturated carbocycles. The average Bonchev–Trinajstić information content (AvgIpc) is 2.16. The van der Waals surface area contributed by atoms with Crippen LogP contribution in [0.15, 0.2) is 11.6 Å². The summed E-state index contributed by atoms with van der Waals surface area (Å²) in [5.74, 6) is -2.45. The first-order valence-corrected chi connectivity index (χ1v) is 4.68. The van der Waals surface area contributed by atoms with E-state index in [9.17, 15) is 9.59 Å². The van der Waals surface area contributed by atoms with Crippen molar-refractivity contribution in [3.63, 3.8) is 0 Å². The van der Waals surface area contributed by atoms with E-state index in [-0.39, 0.29) is 5.57 Å². The van der Waals surface area contributed by atoms with Crippen molar-refractivity contribution in [1.82, 2.24) is 4.90 Å². The van der Waals surface area contributed by atoms with Gasteiger partial charge in [0, 0.05) is 11.6 Å². The highest BCUT2D eigenvalue weighted by Gasteiger charge is 2.00. The molecule has 0 aromatic heterocycles. The average molecular weight is 217 g/mol. The molecule has 0 rings (SSSR count). The van der Waals surface area contributed by atoms with Crippen LogP contribution < -0.4 is 0 Å². The predicted octanol–water partition coefficient (Wildman–Crippen LogP) is 1.06. The number of aliphatic carboxylic acids is 2. The third-order valence-corrected chi connectivity index (χ3v) is 1.76. The lowest BCUT2D eigenvalue weighted by molar-refractivity contribution is -0.135. The number of carbonyl (C=O) groups is 2. The van der Waals surface area contributed by atoms with Gasteiger partial charge in [-0.1, -0.05) is 13.8 Å². The van der Waals surface area contributed by atoms with Crippen molar-refractivity contribution in [3.05, 3.63) is 11.6 Å². The summed E-state index contributed by atoms with van der Waals surface area (Å²) in [5.41, 5.74) is -0.178. The van der Waals surface area contributed by atoms with Crippen LogP contribution in [0, 0.1) is 0 Å². The molecular formula is C10H19NO4. The topological polar surface area (TPSA) is 77.8 Å². The number of hydrogen-bond acceptors (Lipinski definition) is 3. The Bertz CT molecular complexity index is 232. The van der Waals surface area contributed by atoms with Crippen LogP contribution in [0.4, 0.5) is 0 Å². The quantitative estimate of drug-likeness (QED) is 0.688. The van der Waals surface area contributed by atoms with Gasteiger partial charge in [-0.25, -0.2) is 9.59 Å². The van der Waals surface area contributed by atoms with E-state index in [0.29, 0.717) is 6.08 Å². The van der Waals surface area contributed by atoms with Crippen LogP contribution in [0.25, 0.3) is 0 Å². The molecule has 0 atom stereocenters. The largest absolute Gasteiger partial charge is 0.478 e. The second kappa shape index (κ2) is 9.21. The van der Waals surface area contributed by atoms with Gasteiger partial charge in [-0.05, 0) is 27.1 Å². The Labute approximate surface area is 90.0 Å². The minimum Gasteiger partial charge on any atom is -0.478 e. The molecule has 15 heavy (non-hydrogen) atoms. The fraction of sp³-hybridized carbons (Fsp3) is 0.600. The van der Waals surface area contributed by atoms with E-state index < -0.39 is 11.9 Å². The molecule has 0 unspecified atom stereocenters. The molecule has 0 amide bonds. The summed E-state index contributed by atoms with van der Waals surface area (Å²) in [6, 6.07) is 0. The second-order valence-corrected chi connectivity index (χ2v) is 2.96. The fourth-order valence-electron chi connectivity index (χ4n) is 0.471. The lowest BCUT2D eigenvalue weighted by atomic mass is 10.3. The van der Waals surface area contributed by atoms with E-state index >= 15 is 0 Å². The van der Waals surface area contributed by atoms with Crippen LogP contribution in [-0.2, 0) is 9.59 Å². The molecule has 0 aromatic rings. The summed E-state index contributed by atoms with van der Waals surface area (Å²) >= 11 is 0. The maximum absolute atomic E-state index is 9.90. The van der Waals surface area contributed by atoms with Gasteiger partial charge >= 0.3 is 11.9 Å². The Morgan fingerprint density at radius 3 is 1.67 bits per heavy atom. The number of hydrogen-bond donors (Lipinski definition) is 2. The summed E-state index contributed by atoms with van der Waals surface area (Å²) in [7, 11) is 2.11. The molecule has 5 heteroatoms. The summed E-state index contributed by atoms with van der Waals surface area (Å²) in [4.78, 5) is 21.9. The molecule has 0 heterocycles. The van der Waals surface area contributed by atoms with Gasteiger partial charge in [0.15, 0.2) is 0 Å². The molecule has 0 aromatic carbocycles. The summed E-state index contributed by atoms with van der Waals surface area (Å²) in [5, 5.41) is 16.1. The summed E-state index contributed by atoms with van der Waals surface area (Å²) in [6.45, 7) is 7.86. The molecule has 0 radical (unpaired) electrons. The maximum atomic E-state index is 9.90. The smallest absolute Gasteiger partial charge is 0.331 e. The van der Waals surface area contributed by atoms with Crippen molar-refractivity contribution in [1.29, 1.82) is 0 Å². The van der Waals surface area contributed by atoms with Crippen molar-refractivity contribution >= 4 is 11.9 Å². The highest BCUT2D eigenvalue weighted by atomic mass is 16.4. The van der Waals surface area contributed by atoms with Gasteiger partial charge in [-0.2, -0.15) is 0 Å². The third kappa shape index (κ3) is 12.6. The van der Waals surface area contributed by atoms with Crippen molar-refractivity contribution in [2.24, 2.45) is 0 Å². The molecule has 5 nitrogen and oxygen atoms in total. The van der Waals surface area contributed by atoms with E-state index in [2.05, 4.69) is 25.8 Å². The number of nitrogens with zero attached hydrogens (tertiary/aromatic N) is 1. The molecule has 0 saturated heterocycles. The van der Waals surface area contributed by atoms with Gasteiger partial charge in [0.25, 0.3) is 0 Å². The third-order valence-electron chi connectivity index (χ3n) is 1.76. The molecule has 88 valence electrons. The van der Waals surface area contributed by atoms with Crippen molar-refractivity contribution in [2.75, 3.05) is 20.1 Å². The van der Waals surface area contributed by atoms with Crippen LogP contribution in [0.1, 0.15) is 20.8 Å². The van der Waals surface area contributed by atoms with Crippen LogP contribution >= 0.6 is 0 Å². The first-order chi connectivity index (χ1) is 6.84. The van der Waals surface area contributed by atoms with Crippen molar-refractivity contribution in [3.8, 4) is 0 Å². The van der Waals surface area contributed by atoms with Gasteiger partial charge in [0.2, 0.25) is 0 Å². The van der Waals surface area contributed by atoms with Crippen LogP contribution in [0.5, 0.6) is 0 Å². The molecule has 0 aliphatic carbocycles. The van der Waals surface area contributed by atoms with Crippen molar-refractivity contribution < 1.29 is 19.8 Å². The second-order valence-electron chi connectivity index (χ2n) is 2.96. The summed E-state index contributed by atoms with van der Waals surface area (Å²) < 4.78 is 0. The molecule has 0 spiro atoms. The Balaban J connectivity index is 0. The molecule has 0 aliphatic rings. The molecule has 2 N–H and O–H groups in total.